The third kappa shape index (κ3) is 5.17. The standard InChI is InChI=1S/C6H18O6Si2/c1-9-14(4,11-6-8)12-13(2,3)10-5-7/h7-8H,5-6H2,1-4H3. The highest BCUT2D eigenvalue weighted by molar-refractivity contribution is 6.76. The van der Waals surface area contributed by atoms with Crippen molar-refractivity contribution in [3.63, 3.8) is 0 Å². The summed E-state index contributed by atoms with van der Waals surface area (Å²) >= 11 is 0. The van der Waals surface area contributed by atoms with Crippen LogP contribution < -0.4 is 0 Å². The molecule has 0 aromatic rings. The van der Waals surface area contributed by atoms with Crippen molar-refractivity contribution in [1.82, 2.24) is 0 Å². The summed E-state index contributed by atoms with van der Waals surface area (Å²) in [6, 6.07) is 0. The third-order valence-corrected chi connectivity index (χ3v) is 7.21. The molecule has 6 nitrogen and oxygen atoms in total. The Morgan fingerprint density at radius 2 is 1.50 bits per heavy atom. The first-order valence-electron chi connectivity index (χ1n) is 4.14. The molecule has 0 aliphatic rings. The van der Waals surface area contributed by atoms with E-state index >= 15 is 0 Å². The van der Waals surface area contributed by atoms with Gasteiger partial charge in [0.2, 0.25) is 0 Å². The Morgan fingerprint density at radius 1 is 1.00 bits per heavy atom. The van der Waals surface area contributed by atoms with Gasteiger partial charge in [-0.15, -0.1) is 0 Å². The lowest BCUT2D eigenvalue weighted by molar-refractivity contribution is 0.0165. The van der Waals surface area contributed by atoms with E-state index in [0.29, 0.717) is 0 Å². The monoisotopic (exact) mass is 242 g/mol. The van der Waals surface area contributed by atoms with Gasteiger partial charge in [-0.25, -0.2) is 0 Å². The minimum Gasteiger partial charge on any atom is -0.393 e. The first-order chi connectivity index (χ1) is 6.39. The number of aliphatic hydroxyl groups is 2. The van der Waals surface area contributed by atoms with Gasteiger partial charge in [0, 0.05) is 13.7 Å². The summed E-state index contributed by atoms with van der Waals surface area (Å²) in [6.07, 6.45) is 0. The highest BCUT2D eigenvalue weighted by Gasteiger charge is 2.42. The molecule has 0 radical (unpaired) electrons. The molecule has 2 N–H and O–H groups in total. The molecule has 0 spiro atoms. The summed E-state index contributed by atoms with van der Waals surface area (Å²) in [4.78, 5) is 0. The smallest absolute Gasteiger partial charge is 0.393 e. The van der Waals surface area contributed by atoms with Crippen LogP contribution in [-0.2, 0) is 17.4 Å². The summed E-state index contributed by atoms with van der Waals surface area (Å²) in [5.41, 5.74) is 0. The van der Waals surface area contributed by atoms with E-state index in [0.717, 1.165) is 0 Å². The van der Waals surface area contributed by atoms with Gasteiger partial charge in [0.05, 0.1) is 0 Å². The molecule has 0 aliphatic heterocycles. The number of hydrogen-bond donors (Lipinski definition) is 2. The van der Waals surface area contributed by atoms with Crippen molar-refractivity contribution >= 4 is 17.4 Å². The summed E-state index contributed by atoms with van der Waals surface area (Å²) in [6.45, 7) is 4.31. The van der Waals surface area contributed by atoms with Gasteiger partial charge in [-0.3, -0.25) is 0 Å². The fourth-order valence-corrected chi connectivity index (χ4v) is 5.92. The molecule has 0 aliphatic carbocycles. The fraction of sp³-hybridized carbons (Fsp3) is 1.00. The Hall–Kier alpha value is 0.194. The van der Waals surface area contributed by atoms with Gasteiger partial charge in [0.1, 0.15) is 13.6 Å². The zero-order valence-corrected chi connectivity index (χ0v) is 10.9. The van der Waals surface area contributed by atoms with Crippen LogP contribution in [0.1, 0.15) is 0 Å². The molecule has 86 valence electrons. The highest BCUT2D eigenvalue weighted by Crippen LogP contribution is 2.16. The second kappa shape index (κ2) is 5.93. The fourth-order valence-electron chi connectivity index (χ4n) is 0.879. The van der Waals surface area contributed by atoms with E-state index in [-0.39, 0.29) is 0 Å². The van der Waals surface area contributed by atoms with Crippen molar-refractivity contribution in [2.75, 3.05) is 20.7 Å². The van der Waals surface area contributed by atoms with E-state index in [1.807, 2.05) is 0 Å². The normalized spacial score (nSPS) is 16.7. The predicted octanol–water partition coefficient (Wildman–Crippen LogP) is -0.147. The van der Waals surface area contributed by atoms with Gasteiger partial charge in [-0.2, -0.15) is 0 Å². The van der Waals surface area contributed by atoms with Crippen LogP contribution in [0.25, 0.3) is 0 Å². The zero-order valence-electron chi connectivity index (χ0n) is 8.94. The van der Waals surface area contributed by atoms with E-state index in [1.54, 1.807) is 19.6 Å². The highest BCUT2D eigenvalue weighted by atomic mass is 28.5. The first kappa shape index (κ1) is 14.2. The number of aliphatic hydroxyl groups excluding tert-OH is 2. The molecule has 0 saturated carbocycles. The number of rotatable bonds is 7. The average Bonchev–Trinajstić information content (AvgIpc) is 2.03. The summed E-state index contributed by atoms with van der Waals surface area (Å²) < 4.78 is 20.6. The minimum absolute atomic E-state index is 0.396. The molecule has 0 saturated heterocycles. The van der Waals surface area contributed by atoms with E-state index in [9.17, 15) is 0 Å². The Morgan fingerprint density at radius 3 is 1.86 bits per heavy atom. The maximum absolute atomic E-state index is 8.64. The van der Waals surface area contributed by atoms with Crippen LogP contribution >= 0.6 is 0 Å². The molecule has 1 unspecified atom stereocenters. The van der Waals surface area contributed by atoms with Crippen LogP contribution in [0.4, 0.5) is 0 Å². The molecule has 8 heteroatoms. The SMILES string of the molecule is CO[Si](C)(OCO)O[Si](C)(C)OCO. The van der Waals surface area contributed by atoms with Crippen LogP contribution in [0.2, 0.25) is 19.6 Å². The van der Waals surface area contributed by atoms with Crippen molar-refractivity contribution in [1.29, 1.82) is 0 Å². The van der Waals surface area contributed by atoms with Gasteiger partial charge >= 0.3 is 17.4 Å². The van der Waals surface area contributed by atoms with Gasteiger partial charge in [0.15, 0.2) is 0 Å². The molecule has 0 amide bonds. The van der Waals surface area contributed by atoms with Crippen LogP contribution in [0, 0.1) is 0 Å². The second-order valence-electron chi connectivity index (χ2n) is 3.12. The van der Waals surface area contributed by atoms with Gasteiger partial charge < -0.3 is 27.6 Å². The molecule has 14 heavy (non-hydrogen) atoms. The second-order valence-corrected chi connectivity index (χ2v) is 9.44. The van der Waals surface area contributed by atoms with Gasteiger partial charge in [-0.05, 0) is 13.1 Å². The van der Waals surface area contributed by atoms with E-state index in [2.05, 4.69) is 0 Å². The van der Waals surface area contributed by atoms with Crippen LogP contribution in [-0.4, -0.2) is 48.3 Å². The van der Waals surface area contributed by atoms with Crippen molar-refractivity contribution in [2.24, 2.45) is 0 Å². The Labute approximate surface area is 86.0 Å². The average molecular weight is 242 g/mol. The molecule has 0 aromatic carbocycles. The van der Waals surface area contributed by atoms with E-state index in [1.165, 1.54) is 7.11 Å². The molecule has 0 fully saturated rings. The zero-order chi connectivity index (χ0) is 11.2. The molecule has 0 bridgehead atoms. The molecule has 0 aromatic heterocycles. The third-order valence-electron chi connectivity index (χ3n) is 1.54. The van der Waals surface area contributed by atoms with Crippen molar-refractivity contribution < 1.29 is 27.6 Å². The summed E-state index contributed by atoms with van der Waals surface area (Å²) in [7, 11) is -3.82. The molecular weight excluding hydrogens is 224 g/mol. The van der Waals surface area contributed by atoms with Crippen LogP contribution in [0.3, 0.4) is 0 Å². The molecule has 1 atom stereocenters. The van der Waals surface area contributed by atoms with Gasteiger partial charge in [-0.1, -0.05) is 0 Å². The lowest BCUT2D eigenvalue weighted by Gasteiger charge is -2.31. The predicted molar refractivity (Wildman–Crippen MR) is 53.5 cm³/mol. The van der Waals surface area contributed by atoms with Crippen molar-refractivity contribution in [3.05, 3.63) is 0 Å². The summed E-state index contributed by atoms with van der Waals surface area (Å²) in [5, 5.41) is 17.3. The minimum atomic E-state index is -2.82. The number of hydrogen-bond acceptors (Lipinski definition) is 6. The maximum atomic E-state index is 8.64. The molecular formula is C6H18O6Si2. The van der Waals surface area contributed by atoms with Crippen molar-refractivity contribution in [2.45, 2.75) is 19.6 Å². The maximum Gasteiger partial charge on any atom is 0.490 e. The topological polar surface area (TPSA) is 77.4 Å². The van der Waals surface area contributed by atoms with Crippen LogP contribution in [0.15, 0.2) is 0 Å². The largest absolute Gasteiger partial charge is 0.490 e. The summed E-state index contributed by atoms with van der Waals surface area (Å²) in [5.74, 6) is 0. The van der Waals surface area contributed by atoms with Gasteiger partial charge in [0.25, 0.3) is 0 Å². The molecule has 0 rings (SSSR count). The Bertz CT molecular complexity index is 166. The van der Waals surface area contributed by atoms with Crippen LogP contribution in [0.5, 0.6) is 0 Å². The quantitative estimate of drug-likeness (QED) is 0.478. The van der Waals surface area contributed by atoms with E-state index in [4.69, 9.17) is 27.6 Å². The van der Waals surface area contributed by atoms with E-state index < -0.39 is 31.0 Å². The molecule has 0 heterocycles. The van der Waals surface area contributed by atoms with Crippen molar-refractivity contribution in [3.8, 4) is 0 Å². The lowest BCUT2D eigenvalue weighted by Crippen LogP contribution is -2.52. The lowest BCUT2D eigenvalue weighted by atomic mass is 11.6. The first-order valence-corrected chi connectivity index (χ1v) is 9.18. The Balaban J connectivity index is 4.28. The Kier molecular flexibility index (Phi) is 6.01.